The second-order valence-corrected chi connectivity index (χ2v) is 8.83. The molecule has 0 spiro atoms. The molecule has 0 atom stereocenters. The second-order valence-electron chi connectivity index (χ2n) is 8.43. The highest BCUT2D eigenvalue weighted by atomic mass is 35.5. The third-order valence-electron chi connectivity index (χ3n) is 5.97. The standard InChI is InChI=1S/C27H17ClF4N4O/c28-20-5-4-16(12-19(20)27(30,31)32)24(37)13-17-10-15(3-6-21(17)29)11-23-18(2-1-8-33-23)25-26-22(7-9-34-26)35-14-36-25/h1-6,8-10,12,14H,7,11,13H2. The molecule has 0 saturated carbocycles. The lowest BCUT2D eigenvalue weighted by molar-refractivity contribution is -0.137. The maximum atomic E-state index is 14.6. The third-order valence-corrected chi connectivity index (χ3v) is 6.30. The van der Waals surface area contributed by atoms with E-state index >= 15 is 0 Å². The van der Waals surface area contributed by atoms with Crippen LogP contribution in [0.2, 0.25) is 5.02 Å². The SMILES string of the molecule is O=C(Cc1cc(Cc2ncccc2-c2ncnc3c2N=CC3)ccc1F)c1ccc(Cl)c(C(F)(F)F)c1. The van der Waals surface area contributed by atoms with Gasteiger partial charge in [0.1, 0.15) is 23.5 Å². The van der Waals surface area contributed by atoms with E-state index in [-0.39, 0.29) is 11.1 Å². The highest BCUT2D eigenvalue weighted by Gasteiger charge is 2.34. The number of benzene rings is 2. The summed E-state index contributed by atoms with van der Waals surface area (Å²) < 4.78 is 54.2. The number of halogens is 5. The molecule has 0 radical (unpaired) electrons. The molecule has 2 aromatic carbocycles. The third kappa shape index (κ3) is 5.13. The first-order valence-electron chi connectivity index (χ1n) is 11.2. The van der Waals surface area contributed by atoms with Gasteiger partial charge in [-0.1, -0.05) is 23.7 Å². The number of hydrogen-bond donors (Lipinski definition) is 0. The molecule has 2 aromatic heterocycles. The Morgan fingerprint density at radius 3 is 2.68 bits per heavy atom. The van der Waals surface area contributed by atoms with E-state index in [0.717, 1.165) is 17.3 Å². The number of rotatable bonds is 6. The van der Waals surface area contributed by atoms with Gasteiger partial charge in [-0.25, -0.2) is 14.4 Å². The predicted molar refractivity (Wildman–Crippen MR) is 131 cm³/mol. The van der Waals surface area contributed by atoms with Crippen LogP contribution in [0.25, 0.3) is 11.3 Å². The van der Waals surface area contributed by atoms with Crippen LogP contribution in [0.1, 0.15) is 38.4 Å². The molecule has 4 aromatic rings. The first-order valence-corrected chi connectivity index (χ1v) is 11.6. The van der Waals surface area contributed by atoms with Crippen molar-refractivity contribution in [3.05, 3.63) is 106 Å². The number of ketones is 1. The van der Waals surface area contributed by atoms with E-state index in [1.54, 1.807) is 24.5 Å². The number of nitrogens with zero attached hydrogens (tertiary/aromatic N) is 4. The van der Waals surface area contributed by atoms with Crippen molar-refractivity contribution in [1.29, 1.82) is 0 Å². The summed E-state index contributed by atoms with van der Waals surface area (Å²) in [5, 5.41) is -0.511. The lowest BCUT2D eigenvalue weighted by Gasteiger charge is -2.12. The first kappa shape index (κ1) is 24.7. The van der Waals surface area contributed by atoms with E-state index in [1.165, 1.54) is 24.5 Å². The van der Waals surface area contributed by atoms with Crippen molar-refractivity contribution >= 4 is 29.3 Å². The topological polar surface area (TPSA) is 68.1 Å². The molecule has 0 N–H and O–H groups in total. The van der Waals surface area contributed by atoms with Gasteiger partial charge in [0.15, 0.2) is 5.78 Å². The molecule has 5 rings (SSSR count). The maximum absolute atomic E-state index is 14.6. The summed E-state index contributed by atoms with van der Waals surface area (Å²) in [5.74, 6) is -1.29. The van der Waals surface area contributed by atoms with Crippen LogP contribution in [0.4, 0.5) is 23.2 Å². The van der Waals surface area contributed by atoms with Crippen LogP contribution in [0.15, 0.2) is 66.0 Å². The van der Waals surface area contributed by atoms with Gasteiger partial charge in [0.2, 0.25) is 0 Å². The van der Waals surface area contributed by atoms with Gasteiger partial charge in [0.05, 0.1) is 22.0 Å². The van der Waals surface area contributed by atoms with Crippen molar-refractivity contribution in [3.63, 3.8) is 0 Å². The Balaban J connectivity index is 1.42. The number of fused-ring (bicyclic) bond motifs is 1. The molecular formula is C27H17ClF4N4O. The van der Waals surface area contributed by atoms with E-state index in [1.807, 2.05) is 6.07 Å². The summed E-state index contributed by atoms with van der Waals surface area (Å²) in [6.07, 6.45) is 0.669. The second kappa shape index (κ2) is 9.82. The minimum absolute atomic E-state index is 0.0658. The van der Waals surface area contributed by atoms with Gasteiger partial charge in [0.25, 0.3) is 0 Å². The molecule has 186 valence electrons. The highest BCUT2D eigenvalue weighted by Crippen LogP contribution is 2.36. The van der Waals surface area contributed by atoms with Crippen molar-refractivity contribution < 1.29 is 22.4 Å². The Morgan fingerprint density at radius 1 is 1.03 bits per heavy atom. The normalized spacial score (nSPS) is 12.6. The summed E-state index contributed by atoms with van der Waals surface area (Å²) in [6.45, 7) is 0. The molecule has 5 nitrogen and oxygen atoms in total. The summed E-state index contributed by atoms with van der Waals surface area (Å²) in [4.78, 5) is 30.3. The summed E-state index contributed by atoms with van der Waals surface area (Å²) in [7, 11) is 0. The van der Waals surface area contributed by atoms with Crippen molar-refractivity contribution in [2.45, 2.75) is 25.4 Å². The van der Waals surface area contributed by atoms with Gasteiger partial charge < -0.3 is 0 Å². The van der Waals surface area contributed by atoms with Crippen molar-refractivity contribution in [2.24, 2.45) is 4.99 Å². The predicted octanol–water partition coefficient (Wildman–Crippen LogP) is 6.62. The van der Waals surface area contributed by atoms with Gasteiger partial charge in [-0.3, -0.25) is 14.8 Å². The molecule has 0 saturated heterocycles. The van der Waals surface area contributed by atoms with Crippen LogP contribution in [-0.4, -0.2) is 26.9 Å². The van der Waals surface area contributed by atoms with Gasteiger partial charge in [-0.05, 0) is 47.5 Å². The van der Waals surface area contributed by atoms with Crippen LogP contribution in [0.3, 0.4) is 0 Å². The van der Waals surface area contributed by atoms with E-state index in [0.29, 0.717) is 41.5 Å². The van der Waals surface area contributed by atoms with Crippen LogP contribution >= 0.6 is 11.6 Å². The molecule has 0 unspecified atom stereocenters. The van der Waals surface area contributed by atoms with Gasteiger partial charge in [-0.2, -0.15) is 13.2 Å². The molecule has 37 heavy (non-hydrogen) atoms. The van der Waals surface area contributed by atoms with Crippen molar-refractivity contribution in [1.82, 2.24) is 15.0 Å². The zero-order valence-electron chi connectivity index (χ0n) is 19.1. The van der Waals surface area contributed by atoms with E-state index in [9.17, 15) is 22.4 Å². The average Bonchev–Trinajstić information content (AvgIpc) is 3.35. The van der Waals surface area contributed by atoms with E-state index in [2.05, 4.69) is 19.9 Å². The largest absolute Gasteiger partial charge is 0.417 e. The summed E-state index contributed by atoms with van der Waals surface area (Å²) >= 11 is 5.64. The van der Waals surface area contributed by atoms with E-state index < -0.39 is 34.8 Å². The molecule has 0 bridgehead atoms. The summed E-state index contributed by atoms with van der Waals surface area (Å²) in [5.41, 5.74) is 2.99. The monoisotopic (exact) mass is 524 g/mol. The van der Waals surface area contributed by atoms with Crippen LogP contribution in [0.5, 0.6) is 0 Å². The smallest absolute Gasteiger partial charge is 0.294 e. The Morgan fingerprint density at radius 2 is 1.86 bits per heavy atom. The first-order chi connectivity index (χ1) is 17.7. The van der Waals surface area contributed by atoms with Crippen molar-refractivity contribution in [3.8, 4) is 11.3 Å². The summed E-state index contributed by atoms with van der Waals surface area (Å²) in [6, 6.07) is 10.9. The molecule has 1 aliphatic heterocycles. The lowest BCUT2D eigenvalue weighted by Crippen LogP contribution is -2.10. The molecule has 3 heterocycles. The maximum Gasteiger partial charge on any atom is 0.417 e. The van der Waals surface area contributed by atoms with Gasteiger partial charge >= 0.3 is 6.18 Å². The fourth-order valence-corrected chi connectivity index (χ4v) is 4.40. The minimum Gasteiger partial charge on any atom is -0.294 e. The van der Waals surface area contributed by atoms with Crippen LogP contribution in [-0.2, 0) is 25.4 Å². The number of pyridine rings is 1. The number of aromatic nitrogens is 3. The van der Waals surface area contributed by atoms with Gasteiger partial charge in [-0.15, -0.1) is 0 Å². The number of carbonyl (C=O) groups is 1. The number of alkyl halides is 3. The number of hydrogen-bond acceptors (Lipinski definition) is 5. The Kier molecular flexibility index (Phi) is 6.55. The molecule has 0 amide bonds. The van der Waals surface area contributed by atoms with Crippen LogP contribution < -0.4 is 0 Å². The quantitative estimate of drug-likeness (QED) is 0.210. The fourth-order valence-electron chi connectivity index (χ4n) is 4.17. The zero-order chi connectivity index (χ0) is 26.2. The van der Waals surface area contributed by atoms with Gasteiger partial charge in [0, 0.05) is 42.8 Å². The minimum atomic E-state index is -4.71. The Hall–Kier alpha value is -3.98. The number of aliphatic imine (C=N–C) groups is 1. The van der Waals surface area contributed by atoms with E-state index in [4.69, 9.17) is 11.6 Å². The lowest BCUT2D eigenvalue weighted by atomic mass is 9.96. The van der Waals surface area contributed by atoms with Crippen molar-refractivity contribution in [2.75, 3.05) is 0 Å². The van der Waals surface area contributed by atoms with Crippen LogP contribution in [0, 0.1) is 5.82 Å². The molecular weight excluding hydrogens is 508 g/mol. The Bertz CT molecular complexity index is 1550. The number of Topliss-reactive ketones (excluding diaryl/α,β-unsaturated/α-hetero) is 1. The molecule has 10 heteroatoms. The highest BCUT2D eigenvalue weighted by molar-refractivity contribution is 6.31. The molecule has 0 aliphatic carbocycles. The number of carbonyl (C=O) groups excluding carboxylic acids is 1. The molecule has 0 fully saturated rings. The average molecular weight is 525 g/mol. The molecule has 1 aliphatic rings. The zero-order valence-corrected chi connectivity index (χ0v) is 19.8. The fraction of sp³-hybridized carbons (Fsp3) is 0.148. The Labute approximate surface area is 213 Å².